The monoisotopic (exact) mass is 310 g/mol. The first-order chi connectivity index (χ1) is 11.2. The molecule has 0 radical (unpaired) electrons. The maximum Gasteiger partial charge on any atom is 0.272 e. The summed E-state index contributed by atoms with van der Waals surface area (Å²) in [6.07, 6.45) is 1.71. The molecule has 6 nitrogen and oxygen atoms in total. The van der Waals surface area contributed by atoms with Gasteiger partial charge in [-0.05, 0) is 13.0 Å². The fraction of sp³-hybridized carbons (Fsp3) is 0.294. The molecule has 3 heterocycles. The number of aromatic amines is 1. The molecule has 0 fully saturated rings. The predicted molar refractivity (Wildman–Crippen MR) is 86.6 cm³/mol. The van der Waals surface area contributed by atoms with Gasteiger partial charge in [0.1, 0.15) is 12.4 Å². The maximum absolute atomic E-state index is 12.1. The molecule has 1 aliphatic heterocycles. The Balaban J connectivity index is 1.66. The topological polar surface area (TPSA) is 62.6 Å². The molecule has 1 atom stereocenters. The van der Waals surface area contributed by atoms with Crippen LogP contribution in [0, 0.1) is 0 Å². The lowest BCUT2D eigenvalue weighted by molar-refractivity contribution is 0.181. The van der Waals surface area contributed by atoms with Crippen LogP contribution in [0.4, 0.5) is 0 Å². The Labute approximate surface area is 133 Å². The van der Waals surface area contributed by atoms with Gasteiger partial charge in [-0.2, -0.15) is 0 Å². The minimum absolute atomic E-state index is 0.0888. The van der Waals surface area contributed by atoms with Crippen LogP contribution < -0.4 is 10.3 Å². The Morgan fingerprint density at radius 1 is 1.35 bits per heavy atom. The van der Waals surface area contributed by atoms with E-state index in [9.17, 15) is 4.79 Å². The molecule has 0 saturated carbocycles. The zero-order valence-electron chi connectivity index (χ0n) is 12.9. The molecule has 1 aliphatic rings. The highest BCUT2D eigenvalue weighted by Crippen LogP contribution is 2.31. The smallest absolute Gasteiger partial charge is 0.272 e. The van der Waals surface area contributed by atoms with Gasteiger partial charge in [0, 0.05) is 43.0 Å². The number of para-hydroxylation sites is 1. The third kappa shape index (κ3) is 2.51. The maximum atomic E-state index is 12.1. The highest BCUT2D eigenvalue weighted by molar-refractivity contribution is 5.37. The van der Waals surface area contributed by atoms with Crippen molar-refractivity contribution >= 4 is 5.65 Å². The molecule has 23 heavy (non-hydrogen) atoms. The molecule has 0 spiro atoms. The number of nitrogens with zero attached hydrogens (tertiary/aromatic N) is 3. The highest BCUT2D eigenvalue weighted by Gasteiger charge is 2.23. The van der Waals surface area contributed by atoms with Crippen molar-refractivity contribution in [2.45, 2.75) is 19.5 Å². The average molecular weight is 310 g/mol. The van der Waals surface area contributed by atoms with E-state index in [1.165, 1.54) is 10.1 Å². The summed E-state index contributed by atoms with van der Waals surface area (Å²) in [4.78, 5) is 18.9. The summed E-state index contributed by atoms with van der Waals surface area (Å²) in [5, 5.41) is 2.86. The van der Waals surface area contributed by atoms with Crippen molar-refractivity contribution < 1.29 is 4.74 Å². The minimum atomic E-state index is -0.0888. The zero-order valence-corrected chi connectivity index (χ0v) is 12.9. The first kappa shape index (κ1) is 14.0. The van der Waals surface area contributed by atoms with Crippen LogP contribution in [0.2, 0.25) is 0 Å². The van der Waals surface area contributed by atoms with Crippen LogP contribution in [0.3, 0.4) is 0 Å². The van der Waals surface area contributed by atoms with Gasteiger partial charge >= 0.3 is 0 Å². The summed E-state index contributed by atoms with van der Waals surface area (Å²) in [6, 6.07) is 11.7. The van der Waals surface area contributed by atoms with E-state index in [1.807, 2.05) is 18.2 Å². The number of H-pyrrole nitrogens is 1. The molecule has 0 bridgehead atoms. The molecule has 4 rings (SSSR count). The van der Waals surface area contributed by atoms with E-state index in [0.717, 1.165) is 18.0 Å². The molecule has 0 amide bonds. The normalized spacial score (nSPS) is 18.4. The Morgan fingerprint density at radius 2 is 2.22 bits per heavy atom. The van der Waals surface area contributed by atoms with E-state index in [2.05, 4.69) is 28.0 Å². The van der Waals surface area contributed by atoms with Crippen LogP contribution in [0.15, 0.2) is 47.4 Å². The molecule has 0 saturated heterocycles. The molecule has 3 aromatic rings. The predicted octanol–water partition coefficient (Wildman–Crippen LogP) is 1.98. The number of hydrogen-bond acceptors (Lipinski definition) is 4. The van der Waals surface area contributed by atoms with Gasteiger partial charge in [0.2, 0.25) is 0 Å². The van der Waals surface area contributed by atoms with Crippen LogP contribution >= 0.6 is 0 Å². The van der Waals surface area contributed by atoms with E-state index in [1.54, 1.807) is 18.3 Å². The molecule has 118 valence electrons. The quantitative estimate of drug-likeness (QED) is 0.786. The molecular formula is C17H18N4O2. The largest absolute Gasteiger partial charge is 0.492 e. The minimum Gasteiger partial charge on any atom is -0.492 e. The average Bonchev–Trinajstić information content (AvgIpc) is 2.97. The van der Waals surface area contributed by atoms with Crippen molar-refractivity contribution in [3.05, 3.63) is 64.2 Å². The Morgan fingerprint density at radius 3 is 3.13 bits per heavy atom. The lowest BCUT2D eigenvalue weighted by atomic mass is 10.1. The number of fused-ring (bicyclic) bond motifs is 2. The van der Waals surface area contributed by atoms with Gasteiger partial charge < -0.3 is 4.74 Å². The van der Waals surface area contributed by atoms with E-state index < -0.39 is 0 Å². The highest BCUT2D eigenvalue weighted by atomic mass is 16.5. The summed E-state index contributed by atoms with van der Waals surface area (Å²) >= 11 is 0. The van der Waals surface area contributed by atoms with Gasteiger partial charge in [0.15, 0.2) is 5.65 Å². The Hall–Kier alpha value is -2.60. The third-order valence-electron chi connectivity index (χ3n) is 4.35. The van der Waals surface area contributed by atoms with Crippen molar-refractivity contribution in [3.63, 3.8) is 0 Å². The molecule has 6 heteroatoms. The van der Waals surface area contributed by atoms with Gasteiger partial charge in [-0.25, -0.2) is 9.50 Å². The van der Waals surface area contributed by atoms with Gasteiger partial charge in [-0.15, -0.1) is 0 Å². The zero-order chi connectivity index (χ0) is 15.8. The first-order valence-corrected chi connectivity index (χ1v) is 7.74. The summed E-state index contributed by atoms with van der Waals surface area (Å²) in [6.45, 7) is 4.21. The number of rotatable bonds is 2. The SMILES string of the molecule is CC1c2ccccc2OCCN1Cc1cc(=O)n2[nH]ccc2n1. The summed E-state index contributed by atoms with van der Waals surface area (Å²) < 4.78 is 7.27. The first-order valence-electron chi connectivity index (χ1n) is 7.74. The van der Waals surface area contributed by atoms with E-state index in [-0.39, 0.29) is 11.6 Å². The molecule has 1 unspecified atom stereocenters. The second-order valence-electron chi connectivity index (χ2n) is 5.77. The number of benzene rings is 1. The number of hydrogen-bond donors (Lipinski definition) is 1. The van der Waals surface area contributed by atoms with Crippen LogP contribution in [-0.2, 0) is 6.54 Å². The van der Waals surface area contributed by atoms with Crippen molar-refractivity contribution in [1.82, 2.24) is 19.5 Å². The number of ether oxygens (including phenoxy) is 1. The molecule has 1 N–H and O–H groups in total. The lowest BCUT2D eigenvalue weighted by Crippen LogP contribution is -2.30. The summed E-state index contributed by atoms with van der Waals surface area (Å²) in [5.74, 6) is 0.941. The lowest BCUT2D eigenvalue weighted by Gasteiger charge is -2.26. The molecule has 1 aromatic carbocycles. The van der Waals surface area contributed by atoms with E-state index in [0.29, 0.717) is 18.8 Å². The van der Waals surface area contributed by atoms with Crippen LogP contribution in [0.5, 0.6) is 5.75 Å². The second-order valence-corrected chi connectivity index (χ2v) is 5.77. The fourth-order valence-corrected chi connectivity index (χ4v) is 3.10. The van der Waals surface area contributed by atoms with Crippen LogP contribution in [0.1, 0.15) is 24.2 Å². The van der Waals surface area contributed by atoms with E-state index in [4.69, 9.17) is 4.74 Å². The standard InChI is InChI=1S/C17H18N4O2/c1-12-14-4-2-3-5-15(14)23-9-8-20(12)11-13-10-17(22)21-16(19-13)6-7-18-21/h2-7,10,12,18H,8-9,11H2,1H3. The molecule has 2 aromatic heterocycles. The van der Waals surface area contributed by atoms with Gasteiger partial charge in [-0.3, -0.25) is 14.8 Å². The second kappa shape index (κ2) is 5.55. The van der Waals surface area contributed by atoms with Crippen LogP contribution in [0.25, 0.3) is 5.65 Å². The number of nitrogens with one attached hydrogen (secondary N) is 1. The fourth-order valence-electron chi connectivity index (χ4n) is 3.10. The van der Waals surface area contributed by atoms with Crippen molar-refractivity contribution in [2.24, 2.45) is 0 Å². The summed E-state index contributed by atoms with van der Waals surface area (Å²) in [7, 11) is 0. The summed E-state index contributed by atoms with van der Waals surface area (Å²) in [5.41, 5.74) is 2.51. The van der Waals surface area contributed by atoms with Crippen molar-refractivity contribution in [2.75, 3.05) is 13.2 Å². The van der Waals surface area contributed by atoms with E-state index >= 15 is 0 Å². The number of aromatic nitrogens is 3. The van der Waals surface area contributed by atoms with Gasteiger partial charge in [0.25, 0.3) is 5.56 Å². The molecular weight excluding hydrogens is 292 g/mol. The van der Waals surface area contributed by atoms with Gasteiger partial charge in [0.05, 0.1) is 5.69 Å². The Bertz CT molecular complexity index is 899. The van der Waals surface area contributed by atoms with Crippen LogP contribution in [-0.4, -0.2) is 32.6 Å². The molecule has 0 aliphatic carbocycles. The van der Waals surface area contributed by atoms with Crippen molar-refractivity contribution in [3.8, 4) is 5.75 Å². The Kier molecular flexibility index (Phi) is 3.38. The third-order valence-corrected chi connectivity index (χ3v) is 4.35. The van der Waals surface area contributed by atoms with Gasteiger partial charge in [-0.1, -0.05) is 18.2 Å². The van der Waals surface area contributed by atoms with Crippen molar-refractivity contribution in [1.29, 1.82) is 0 Å².